The monoisotopic (exact) mass is 520 g/mol. The van der Waals surface area contributed by atoms with E-state index < -0.39 is 9.15 Å². The molecule has 0 saturated carbocycles. The first-order valence-electron chi connectivity index (χ1n) is 12.8. The summed E-state index contributed by atoms with van der Waals surface area (Å²) in [7, 11) is -2.65. The third kappa shape index (κ3) is 12.9. The van der Waals surface area contributed by atoms with Crippen LogP contribution in [0.2, 0.25) is 0 Å². The van der Waals surface area contributed by atoms with Gasteiger partial charge in [-0.25, -0.2) is 0 Å². The van der Waals surface area contributed by atoms with Crippen molar-refractivity contribution in [1.82, 2.24) is 10.6 Å². The molecule has 0 unspecified atom stereocenters. The van der Waals surface area contributed by atoms with Crippen molar-refractivity contribution in [3.8, 4) is 0 Å². The molecule has 2 aromatic carbocycles. The predicted molar refractivity (Wildman–Crippen MR) is 151 cm³/mol. The zero-order valence-electron chi connectivity index (χ0n) is 22.0. The van der Waals surface area contributed by atoms with Crippen LogP contribution in [0.5, 0.6) is 0 Å². The van der Waals surface area contributed by atoms with Gasteiger partial charge in [0.25, 0.3) is 0 Å². The number of nitrogens with one attached hydrogen (secondary N) is 2. The van der Waals surface area contributed by atoms with Crippen LogP contribution < -0.4 is 10.6 Å². The van der Waals surface area contributed by atoms with Crippen molar-refractivity contribution in [3.05, 3.63) is 69.8 Å². The molecule has 2 rings (SSSR count). The van der Waals surface area contributed by atoms with E-state index in [0.717, 1.165) is 62.4 Å². The lowest BCUT2D eigenvalue weighted by molar-refractivity contribution is 0.325. The van der Waals surface area contributed by atoms with Gasteiger partial charge in [-0.15, -0.1) is 0 Å². The van der Waals surface area contributed by atoms with E-state index in [1.54, 1.807) is 0 Å². The summed E-state index contributed by atoms with van der Waals surface area (Å²) in [5.74, 6) is 0.491. The molecule has 0 spiro atoms. The molecular weight excluding hydrogens is 476 g/mol. The van der Waals surface area contributed by atoms with Crippen molar-refractivity contribution in [3.63, 3.8) is 0 Å². The molecule has 0 aliphatic heterocycles. The van der Waals surface area contributed by atoms with Crippen molar-refractivity contribution in [1.29, 1.82) is 0 Å². The van der Waals surface area contributed by atoms with Crippen LogP contribution in [-0.4, -0.2) is 47.0 Å². The highest BCUT2D eigenvalue weighted by Crippen LogP contribution is 2.15. The molecule has 0 aromatic heterocycles. The Kier molecular flexibility index (Phi) is 14.0. The van der Waals surface area contributed by atoms with Gasteiger partial charge < -0.3 is 10.6 Å². The predicted octanol–water partition coefficient (Wildman–Crippen LogP) is 5.44. The molecule has 196 valence electrons. The molecule has 35 heavy (non-hydrogen) atoms. The van der Waals surface area contributed by atoms with Crippen LogP contribution in [-0.2, 0) is 26.2 Å². The van der Waals surface area contributed by atoms with Crippen LogP contribution in [0, 0.1) is 27.7 Å². The van der Waals surface area contributed by atoms with Gasteiger partial charge in [-0.3, -0.25) is 4.18 Å². The molecule has 2 aromatic rings. The quantitative estimate of drug-likeness (QED) is 0.202. The largest absolute Gasteiger partial charge is 0.322 e. The number of rotatable bonds is 18. The Bertz CT molecular complexity index is 920. The highest BCUT2D eigenvalue weighted by Gasteiger charge is 2.11. The van der Waals surface area contributed by atoms with E-state index in [9.17, 15) is 8.42 Å². The zero-order valence-corrected chi connectivity index (χ0v) is 23.6. The maximum atomic E-state index is 12.0. The number of hydrogen-bond donors (Lipinski definition) is 2. The third-order valence-corrected chi connectivity index (χ3v) is 8.88. The number of unbranched alkanes of at least 4 members (excludes halogenated alkanes) is 2. The van der Waals surface area contributed by atoms with E-state index >= 15 is 0 Å². The van der Waals surface area contributed by atoms with Crippen LogP contribution >= 0.6 is 10.8 Å². The van der Waals surface area contributed by atoms with E-state index in [1.807, 2.05) is 0 Å². The zero-order chi connectivity index (χ0) is 25.5. The summed E-state index contributed by atoms with van der Waals surface area (Å²) in [6.07, 6.45) is 6.55. The van der Waals surface area contributed by atoms with E-state index in [1.165, 1.54) is 33.4 Å². The Morgan fingerprint density at radius 2 is 1.23 bits per heavy atom. The highest BCUT2D eigenvalue weighted by molar-refractivity contribution is 8.70. The minimum atomic E-state index is -3.53. The average molecular weight is 521 g/mol. The summed E-state index contributed by atoms with van der Waals surface area (Å²) in [6, 6.07) is 13.2. The number of benzene rings is 2. The second-order valence-corrected chi connectivity index (χ2v) is 13.0. The summed E-state index contributed by atoms with van der Waals surface area (Å²) in [4.78, 5) is 0. The minimum absolute atomic E-state index is 0.179. The van der Waals surface area contributed by atoms with Gasteiger partial charge in [-0.05, 0) is 112 Å². The Labute approximate surface area is 217 Å². The van der Waals surface area contributed by atoms with E-state index in [4.69, 9.17) is 4.18 Å². The standard InChI is InChI=1S/C28H44N2O3S2/c1-23-11-13-27(25(3)21-23)9-5-7-15-29-17-19-33-35(31,32)34-20-18-30-16-8-6-10-28-14-12-24(2)22-26(28)4/h11-14,21-22,29-30H,5-10,15-20H2,1-4H3. The molecule has 0 heterocycles. The molecule has 0 radical (unpaired) electrons. The molecule has 5 nitrogen and oxygen atoms in total. The van der Waals surface area contributed by atoms with Crippen molar-refractivity contribution in [2.24, 2.45) is 0 Å². The topological polar surface area (TPSA) is 67.4 Å². The third-order valence-electron chi connectivity index (χ3n) is 6.11. The molecule has 0 aliphatic carbocycles. The van der Waals surface area contributed by atoms with Gasteiger partial charge in [0.15, 0.2) is 0 Å². The van der Waals surface area contributed by atoms with Crippen LogP contribution in [0.3, 0.4) is 0 Å². The maximum absolute atomic E-state index is 12.0. The van der Waals surface area contributed by atoms with Crippen molar-refractivity contribution >= 4 is 19.9 Å². The van der Waals surface area contributed by atoms with Gasteiger partial charge in [0.05, 0.1) is 6.61 Å². The molecule has 7 heteroatoms. The summed E-state index contributed by atoms with van der Waals surface area (Å²) < 4.78 is 29.1. The molecule has 0 saturated heterocycles. The molecular formula is C28H44N2O3S2. The first kappa shape index (κ1) is 29.8. The Morgan fingerprint density at radius 1 is 0.714 bits per heavy atom. The fourth-order valence-corrected chi connectivity index (χ4v) is 6.16. The molecule has 0 fully saturated rings. The minimum Gasteiger partial charge on any atom is -0.316 e. The fourth-order valence-electron chi connectivity index (χ4n) is 4.10. The summed E-state index contributed by atoms with van der Waals surface area (Å²) >= 11 is 0. The SMILES string of the molecule is Cc1ccc(CCCCNCCOS(=O)(=O)SCCNCCCCc2ccc(C)cc2C)c(C)c1. The second-order valence-electron chi connectivity index (χ2n) is 9.33. The van der Waals surface area contributed by atoms with Gasteiger partial charge in [0.2, 0.25) is 0 Å². The van der Waals surface area contributed by atoms with Gasteiger partial charge in [0, 0.05) is 18.8 Å². The normalized spacial score (nSPS) is 11.8. The van der Waals surface area contributed by atoms with Crippen LogP contribution in [0.4, 0.5) is 0 Å². The summed E-state index contributed by atoms with van der Waals surface area (Å²) in [5, 5.41) is 6.60. The van der Waals surface area contributed by atoms with Gasteiger partial charge in [-0.1, -0.05) is 47.5 Å². The van der Waals surface area contributed by atoms with Gasteiger partial charge in [0.1, 0.15) is 0 Å². The lowest BCUT2D eigenvalue weighted by atomic mass is 10.0. The van der Waals surface area contributed by atoms with E-state index in [-0.39, 0.29) is 6.61 Å². The van der Waals surface area contributed by atoms with Crippen LogP contribution in [0.25, 0.3) is 0 Å². The molecule has 0 aliphatic rings. The first-order chi connectivity index (χ1) is 16.8. The van der Waals surface area contributed by atoms with Gasteiger partial charge in [-0.2, -0.15) is 8.42 Å². The number of hydrogen-bond acceptors (Lipinski definition) is 6. The molecule has 2 N–H and O–H groups in total. The molecule has 0 amide bonds. The van der Waals surface area contributed by atoms with Crippen molar-refractivity contribution < 1.29 is 12.6 Å². The lowest BCUT2D eigenvalue weighted by Gasteiger charge is -2.09. The van der Waals surface area contributed by atoms with E-state index in [0.29, 0.717) is 18.8 Å². The van der Waals surface area contributed by atoms with Crippen LogP contribution in [0.1, 0.15) is 59.1 Å². The second kappa shape index (κ2) is 16.4. The Balaban J connectivity index is 1.41. The summed E-state index contributed by atoms with van der Waals surface area (Å²) in [6.45, 7) is 11.7. The first-order valence-corrected chi connectivity index (χ1v) is 15.8. The average Bonchev–Trinajstić information content (AvgIpc) is 2.79. The summed E-state index contributed by atoms with van der Waals surface area (Å²) in [5.41, 5.74) is 8.16. The fraction of sp³-hybridized carbons (Fsp3) is 0.571. The number of aryl methyl sites for hydroxylation is 6. The van der Waals surface area contributed by atoms with Crippen molar-refractivity contribution in [2.45, 2.75) is 66.2 Å². The van der Waals surface area contributed by atoms with Crippen molar-refractivity contribution in [2.75, 3.05) is 38.5 Å². The lowest BCUT2D eigenvalue weighted by Crippen LogP contribution is -2.23. The Morgan fingerprint density at radius 3 is 1.74 bits per heavy atom. The van der Waals surface area contributed by atoms with E-state index in [2.05, 4.69) is 74.7 Å². The molecule has 0 atom stereocenters. The Hall–Kier alpha value is -1.38. The smallest absolute Gasteiger partial charge is 0.316 e. The maximum Gasteiger partial charge on any atom is 0.322 e. The van der Waals surface area contributed by atoms with Gasteiger partial charge >= 0.3 is 9.15 Å². The van der Waals surface area contributed by atoms with Crippen LogP contribution in [0.15, 0.2) is 36.4 Å². The molecule has 0 bridgehead atoms. The highest BCUT2D eigenvalue weighted by atomic mass is 33.1.